The van der Waals surface area contributed by atoms with Crippen LogP contribution in [0.3, 0.4) is 0 Å². The van der Waals surface area contributed by atoms with Crippen molar-refractivity contribution in [3.8, 4) is 0 Å². The Hall–Kier alpha value is -1.57. The molecule has 0 aliphatic rings. The van der Waals surface area contributed by atoms with Crippen LogP contribution in [0.4, 0.5) is 5.69 Å². The summed E-state index contributed by atoms with van der Waals surface area (Å²) in [4.78, 5) is 3.82. The van der Waals surface area contributed by atoms with Crippen LogP contribution in [0.25, 0.3) is 0 Å². The molecule has 2 rings (SSSR count). The third-order valence-corrected chi connectivity index (χ3v) is 4.66. The van der Waals surface area contributed by atoms with Gasteiger partial charge in [0.25, 0.3) is 10.0 Å². The Morgan fingerprint density at radius 3 is 2.41 bits per heavy atom. The fourth-order valence-electron chi connectivity index (χ4n) is 1.78. The maximum Gasteiger partial charge on any atom is 0.261 e. The quantitative estimate of drug-likeness (QED) is 0.656. The van der Waals surface area contributed by atoms with E-state index < -0.39 is 15.6 Å². The molecule has 2 radical (unpaired) electrons. The first-order valence-corrected chi connectivity index (χ1v) is 8.22. The molecule has 0 saturated carbocycles. The average molecular weight is 337 g/mol. The van der Waals surface area contributed by atoms with Gasteiger partial charge in [-0.1, -0.05) is 29.2 Å². The molecule has 2 aromatic rings. The first-order chi connectivity index (χ1) is 10.1. The van der Waals surface area contributed by atoms with Gasteiger partial charge in [0, 0.05) is 6.20 Å². The smallest absolute Gasteiger partial charge is 0.261 e. The highest BCUT2D eigenvalue weighted by Gasteiger charge is 2.19. The van der Waals surface area contributed by atoms with Gasteiger partial charge in [0.1, 0.15) is 7.85 Å². The first kappa shape index (κ1) is 16.8. The summed E-state index contributed by atoms with van der Waals surface area (Å²) in [6, 6.07) is 7.30. The molecule has 0 fully saturated rings. The van der Waals surface area contributed by atoms with Gasteiger partial charge in [-0.05, 0) is 37.6 Å². The average Bonchev–Trinajstić information content (AvgIpc) is 2.42. The largest absolute Gasteiger partial charge is 0.386 e. The minimum atomic E-state index is -3.83. The Kier molecular flexibility index (Phi) is 4.51. The van der Waals surface area contributed by atoms with Crippen molar-refractivity contribution in [3.63, 3.8) is 0 Å². The lowest BCUT2D eigenvalue weighted by molar-refractivity contribution is 0.0785. The van der Waals surface area contributed by atoms with Gasteiger partial charge >= 0.3 is 0 Å². The maximum absolute atomic E-state index is 12.3. The summed E-state index contributed by atoms with van der Waals surface area (Å²) in [5.74, 6) is 0. The summed E-state index contributed by atoms with van der Waals surface area (Å²) in [5, 5.41) is 9.89. The monoisotopic (exact) mass is 336 g/mol. The van der Waals surface area contributed by atoms with Crippen LogP contribution >= 0.6 is 11.6 Å². The zero-order chi connectivity index (χ0) is 16.5. The van der Waals surface area contributed by atoms with Crippen molar-refractivity contribution in [1.29, 1.82) is 0 Å². The third-order valence-electron chi connectivity index (χ3n) is 2.98. The Bertz CT molecular complexity index is 787. The van der Waals surface area contributed by atoms with E-state index in [4.69, 9.17) is 19.4 Å². The van der Waals surface area contributed by atoms with Gasteiger partial charge in [-0.15, -0.1) is 0 Å². The first-order valence-electron chi connectivity index (χ1n) is 6.36. The molecule has 0 unspecified atom stereocenters. The number of benzene rings is 1. The van der Waals surface area contributed by atoms with Crippen LogP contribution in [0.15, 0.2) is 41.4 Å². The molecule has 0 spiro atoms. The number of halogens is 1. The van der Waals surface area contributed by atoms with Crippen molar-refractivity contribution in [2.24, 2.45) is 0 Å². The number of aliphatic hydroxyl groups is 1. The molecule has 0 aliphatic carbocycles. The summed E-state index contributed by atoms with van der Waals surface area (Å²) >= 11 is 5.85. The van der Waals surface area contributed by atoms with E-state index in [9.17, 15) is 13.5 Å². The molecule has 5 nitrogen and oxygen atoms in total. The van der Waals surface area contributed by atoms with Gasteiger partial charge < -0.3 is 5.11 Å². The number of nitrogens with one attached hydrogen (secondary N) is 1. The highest BCUT2D eigenvalue weighted by Crippen LogP contribution is 2.24. The molecule has 1 aromatic heterocycles. The minimum absolute atomic E-state index is 0.00545. The van der Waals surface area contributed by atoms with Crippen molar-refractivity contribution >= 4 is 40.6 Å². The second kappa shape index (κ2) is 5.91. The summed E-state index contributed by atoms with van der Waals surface area (Å²) in [7, 11) is 1.74. The van der Waals surface area contributed by atoms with E-state index in [2.05, 4.69) is 9.71 Å². The van der Waals surface area contributed by atoms with E-state index in [0.717, 1.165) is 0 Å². The van der Waals surface area contributed by atoms with E-state index >= 15 is 0 Å². The van der Waals surface area contributed by atoms with Crippen LogP contribution < -0.4 is 10.2 Å². The van der Waals surface area contributed by atoms with E-state index in [1.54, 1.807) is 26.0 Å². The molecule has 1 aromatic carbocycles. The standard InChI is InChI=1S/C14H14BClN2O3S/c1-14(2,19)9-3-5-11(6-4-9)22(20,21)18-12-7-10(15)8-17-13(12)16/h3-8,18-19H,1-2H3. The van der Waals surface area contributed by atoms with Crippen LogP contribution in [-0.4, -0.2) is 26.4 Å². The van der Waals surface area contributed by atoms with Gasteiger partial charge in [-0.25, -0.2) is 13.4 Å². The summed E-state index contributed by atoms with van der Waals surface area (Å²) in [5.41, 5.74) is -0.0422. The van der Waals surface area contributed by atoms with Crippen molar-refractivity contribution in [2.75, 3.05) is 4.72 Å². The van der Waals surface area contributed by atoms with Crippen molar-refractivity contribution < 1.29 is 13.5 Å². The van der Waals surface area contributed by atoms with E-state index in [1.165, 1.54) is 24.4 Å². The van der Waals surface area contributed by atoms with Gasteiger partial charge in [-0.2, -0.15) is 0 Å². The lowest BCUT2D eigenvalue weighted by Gasteiger charge is -2.18. The summed E-state index contributed by atoms with van der Waals surface area (Å²) in [6.45, 7) is 3.24. The SMILES string of the molecule is [B]c1cnc(Cl)c(NS(=O)(=O)c2ccc(C(C)(C)O)cc2)c1. The zero-order valence-corrected chi connectivity index (χ0v) is 13.6. The molecule has 114 valence electrons. The van der Waals surface area contributed by atoms with Crippen LogP contribution in [0.5, 0.6) is 0 Å². The van der Waals surface area contributed by atoms with Gasteiger partial charge in [0.05, 0.1) is 16.2 Å². The van der Waals surface area contributed by atoms with E-state index in [1.807, 2.05) is 0 Å². The zero-order valence-electron chi connectivity index (χ0n) is 12.0. The lowest BCUT2D eigenvalue weighted by Crippen LogP contribution is -2.18. The third kappa shape index (κ3) is 3.79. The number of nitrogens with zero attached hydrogens (tertiary/aromatic N) is 1. The Morgan fingerprint density at radius 1 is 1.27 bits per heavy atom. The number of hydrogen-bond donors (Lipinski definition) is 2. The molecule has 8 heteroatoms. The van der Waals surface area contributed by atoms with Crippen LogP contribution in [0, 0.1) is 0 Å². The second-order valence-electron chi connectivity index (χ2n) is 5.30. The lowest BCUT2D eigenvalue weighted by atomic mass is 9.99. The molecule has 0 aliphatic heterocycles. The number of anilines is 1. The molecule has 22 heavy (non-hydrogen) atoms. The summed E-state index contributed by atoms with van der Waals surface area (Å²) in [6.07, 6.45) is 1.33. The topological polar surface area (TPSA) is 79.3 Å². The molecule has 1 heterocycles. The van der Waals surface area contributed by atoms with Crippen molar-refractivity contribution in [3.05, 3.63) is 47.2 Å². The summed E-state index contributed by atoms with van der Waals surface area (Å²) < 4.78 is 27.0. The number of aromatic nitrogens is 1. The Morgan fingerprint density at radius 2 is 1.86 bits per heavy atom. The normalized spacial score (nSPS) is 12.2. The predicted octanol–water partition coefficient (Wildman–Crippen LogP) is 1.56. The van der Waals surface area contributed by atoms with E-state index in [0.29, 0.717) is 11.0 Å². The molecule has 0 amide bonds. The number of sulfonamides is 1. The van der Waals surface area contributed by atoms with Gasteiger partial charge in [0.2, 0.25) is 0 Å². The van der Waals surface area contributed by atoms with Crippen LogP contribution in [0.2, 0.25) is 5.15 Å². The van der Waals surface area contributed by atoms with Crippen LogP contribution in [0.1, 0.15) is 19.4 Å². The Balaban J connectivity index is 2.33. The molecule has 2 N–H and O–H groups in total. The molecule has 0 saturated heterocycles. The fraction of sp³-hybridized carbons (Fsp3) is 0.214. The number of rotatable bonds is 4. The van der Waals surface area contributed by atoms with Gasteiger partial charge in [-0.3, -0.25) is 4.72 Å². The molecule has 0 bridgehead atoms. The molecular weight excluding hydrogens is 322 g/mol. The molecular formula is C14H14BClN2O3S. The number of pyridine rings is 1. The number of hydrogen-bond acceptors (Lipinski definition) is 4. The van der Waals surface area contributed by atoms with Crippen LogP contribution in [-0.2, 0) is 15.6 Å². The van der Waals surface area contributed by atoms with E-state index in [-0.39, 0.29) is 15.7 Å². The van der Waals surface area contributed by atoms with Crippen molar-refractivity contribution in [1.82, 2.24) is 4.98 Å². The molecule has 0 atom stereocenters. The highest BCUT2D eigenvalue weighted by atomic mass is 35.5. The van der Waals surface area contributed by atoms with Gasteiger partial charge in [0.15, 0.2) is 5.15 Å². The second-order valence-corrected chi connectivity index (χ2v) is 7.34. The Labute approximate surface area is 135 Å². The van der Waals surface area contributed by atoms with Crippen molar-refractivity contribution in [2.45, 2.75) is 24.3 Å². The highest BCUT2D eigenvalue weighted by molar-refractivity contribution is 7.92. The predicted molar refractivity (Wildman–Crippen MR) is 87.1 cm³/mol. The minimum Gasteiger partial charge on any atom is -0.386 e. The maximum atomic E-state index is 12.3. The fourth-order valence-corrected chi connectivity index (χ4v) is 3.05.